The van der Waals surface area contributed by atoms with Crippen LogP contribution in [0.4, 0.5) is 5.69 Å². The highest BCUT2D eigenvalue weighted by Crippen LogP contribution is 2.30. The number of ether oxygens (including phenoxy) is 2. The van der Waals surface area contributed by atoms with Crippen molar-refractivity contribution in [2.75, 3.05) is 7.11 Å². The molecule has 2 aromatic rings. The molecule has 0 atom stereocenters. The van der Waals surface area contributed by atoms with Gasteiger partial charge in [-0.2, -0.15) is 9.97 Å². The van der Waals surface area contributed by atoms with Crippen molar-refractivity contribution in [1.29, 1.82) is 0 Å². The minimum Gasteiger partial charge on any atom is -0.493 e. The van der Waals surface area contributed by atoms with E-state index in [-0.39, 0.29) is 11.7 Å². The van der Waals surface area contributed by atoms with Crippen molar-refractivity contribution in [2.45, 2.75) is 0 Å². The average molecular weight is 275 g/mol. The Morgan fingerprint density at radius 1 is 1.25 bits per heavy atom. The first-order valence-electron chi connectivity index (χ1n) is 5.41. The minimum atomic E-state index is -0.608. The molecule has 8 heteroatoms. The van der Waals surface area contributed by atoms with Gasteiger partial charge in [-0.15, -0.1) is 0 Å². The Labute approximate surface area is 113 Å². The number of aldehydes is 1. The van der Waals surface area contributed by atoms with E-state index in [1.54, 1.807) is 0 Å². The summed E-state index contributed by atoms with van der Waals surface area (Å²) >= 11 is 0. The standard InChI is InChI=1S/C12H9N3O5/c1-19-11-4-8(7-16)2-3-10(11)20-12-13-5-9(6-14-12)15(17)18/h2-7H,1H3. The fourth-order valence-electron chi connectivity index (χ4n) is 1.40. The predicted octanol–water partition coefficient (Wildman–Crippen LogP) is 2.00. The summed E-state index contributed by atoms with van der Waals surface area (Å²) in [5.41, 5.74) is 0.194. The van der Waals surface area contributed by atoms with E-state index in [9.17, 15) is 14.9 Å². The zero-order valence-electron chi connectivity index (χ0n) is 10.3. The molecule has 0 spiro atoms. The Hall–Kier alpha value is -3.03. The maximum Gasteiger partial charge on any atom is 0.322 e. The van der Waals surface area contributed by atoms with E-state index in [1.165, 1.54) is 25.3 Å². The van der Waals surface area contributed by atoms with Crippen LogP contribution >= 0.6 is 0 Å². The first-order valence-corrected chi connectivity index (χ1v) is 5.41. The lowest BCUT2D eigenvalue weighted by Crippen LogP contribution is -1.97. The maximum atomic E-state index is 10.7. The predicted molar refractivity (Wildman–Crippen MR) is 67.1 cm³/mol. The number of aromatic nitrogens is 2. The number of nitro groups is 1. The number of hydrogen-bond acceptors (Lipinski definition) is 7. The van der Waals surface area contributed by atoms with Gasteiger partial charge < -0.3 is 9.47 Å². The Balaban J connectivity index is 2.25. The summed E-state index contributed by atoms with van der Waals surface area (Å²) in [4.78, 5) is 28.0. The van der Waals surface area contributed by atoms with Crippen LogP contribution in [0.15, 0.2) is 30.6 Å². The molecule has 0 saturated carbocycles. The van der Waals surface area contributed by atoms with Crippen LogP contribution in [0.25, 0.3) is 0 Å². The van der Waals surface area contributed by atoms with E-state index in [2.05, 4.69) is 9.97 Å². The van der Waals surface area contributed by atoms with Gasteiger partial charge in [0.15, 0.2) is 11.5 Å². The highest BCUT2D eigenvalue weighted by atomic mass is 16.6. The third-order valence-electron chi connectivity index (χ3n) is 2.35. The molecule has 1 heterocycles. The lowest BCUT2D eigenvalue weighted by atomic mass is 10.2. The highest BCUT2D eigenvalue weighted by Gasteiger charge is 2.11. The highest BCUT2D eigenvalue weighted by molar-refractivity contribution is 5.76. The number of rotatable bonds is 5. The minimum absolute atomic E-state index is 0.0623. The van der Waals surface area contributed by atoms with Crippen LogP contribution in [0.3, 0.4) is 0 Å². The molecule has 0 unspecified atom stereocenters. The molecule has 0 amide bonds. The number of benzene rings is 1. The van der Waals surface area contributed by atoms with Gasteiger partial charge in [-0.05, 0) is 18.2 Å². The van der Waals surface area contributed by atoms with Gasteiger partial charge >= 0.3 is 11.7 Å². The van der Waals surface area contributed by atoms with Gasteiger partial charge in [0.05, 0.1) is 12.0 Å². The number of nitrogens with zero attached hydrogens (tertiary/aromatic N) is 3. The molecule has 2 rings (SSSR count). The van der Waals surface area contributed by atoms with Gasteiger partial charge in [-0.25, -0.2) is 0 Å². The topological polar surface area (TPSA) is 104 Å². The monoisotopic (exact) mass is 275 g/mol. The molecule has 1 aromatic carbocycles. The fourth-order valence-corrected chi connectivity index (χ4v) is 1.40. The first-order chi connectivity index (χ1) is 9.63. The molecule has 0 N–H and O–H groups in total. The summed E-state index contributed by atoms with van der Waals surface area (Å²) in [5.74, 6) is 0.628. The lowest BCUT2D eigenvalue weighted by Gasteiger charge is -2.08. The molecular formula is C12H9N3O5. The molecule has 0 saturated heterocycles. The Morgan fingerprint density at radius 3 is 2.50 bits per heavy atom. The Morgan fingerprint density at radius 2 is 1.95 bits per heavy atom. The van der Waals surface area contributed by atoms with Gasteiger partial charge in [0.25, 0.3) is 0 Å². The lowest BCUT2D eigenvalue weighted by molar-refractivity contribution is -0.385. The number of carbonyl (C=O) groups is 1. The number of methoxy groups -OCH3 is 1. The molecule has 20 heavy (non-hydrogen) atoms. The quantitative estimate of drug-likeness (QED) is 0.466. The molecule has 102 valence electrons. The zero-order valence-corrected chi connectivity index (χ0v) is 10.3. The third kappa shape index (κ3) is 2.86. The third-order valence-corrected chi connectivity index (χ3v) is 2.35. The van der Waals surface area contributed by atoms with Crippen molar-refractivity contribution < 1.29 is 19.2 Å². The first kappa shape index (κ1) is 13.4. The number of carbonyl (C=O) groups excluding carboxylic acids is 1. The molecular weight excluding hydrogens is 266 g/mol. The van der Waals surface area contributed by atoms with Crippen LogP contribution < -0.4 is 9.47 Å². The van der Waals surface area contributed by atoms with E-state index in [4.69, 9.17) is 9.47 Å². The summed E-state index contributed by atoms with van der Waals surface area (Å²) in [6, 6.07) is 4.49. The van der Waals surface area contributed by atoms with Crippen molar-refractivity contribution in [3.63, 3.8) is 0 Å². The smallest absolute Gasteiger partial charge is 0.322 e. The van der Waals surface area contributed by atoms with Gasteiger partial charge in [0.2, 0.25) is 0 Å². The van der Waals surface area contributed by atoms with Crippen LogP contribution in [-0.2, 0) is 0 Å². The van der Waals surface area contributed by atoms with Gasteiger partial charge in [-0.1, -0.05) is 0 Å². The second kappa shape index (κ2) is 5.74. The van der Waals surface area contributed by atoms with E-state index in [1.807, 2.05) is 0 Å². The van der Waals surface area contributed by atoms with Gasteiger partial charge in [-0.3, -0.25) is 14.9 Å². The molecule has 1 aromatic heterocycles. The maximum absolute atomic E-state index is 10.7. The average Bonchev–Trinajstić information content (AvgIpc) is 2.48. The SMILES string of the molecule is COc1cc(C=O)ccc1Oc1ncc([N+](=O)[O-])cn1. The molecule has 8 nitrogen and oxygen atoms in total. The Kier molecular flexibility index (Phi) is 3.85. The van der Waals surface area contributed by atoms with Gasteiger partial charge in [0, 0.05) is 5.56 Å². The van der Waals surface area contributed by atoms with Crippen molar-refractivity contribution >= 4 is 12.0 Å². The van der Waals surface area contributed by atoms with Gasteiger partial charge in [0.1, 0.15) is 18.7 Å². The largest absolute Gasteiger partial charge is 0.493 e. The second-order valence-electron chi connectivity index (χ2n) is 3.61. The summed E-state index contributed by atoms with van der Waals surface area (Å²) in [6.45, 7) is 0. The molecule has 0 aliphatic carbocycles. The molecule has 0 aliphatic heterocycles. The van der Waals surface area contributed by atoms with Crippen LogP contribution in [0.1, 0.15) is 10.4 Å². The van der Waals surface area contributed by atoms with Crippen molar-refractivity contribution in [3.05, 3.63) is 46.3 Å². The van der Waals surface area contributed by atoms with E-state index in [0.29, 0.717) is 23.3 Å². The van der Waals surface area contributed by atoms with Crippen LogP contribution in [0.5, 0.6) is 17.5 Å². The summed E-state index contributed by atoms with van der Waals surface area (Å²) in [6.07, 6.45) is 2.75. The second-order valence-corrected chi connectivity index (χ2v) is 3.61. The van der Waals surface area contributed by atoms with E-state index < -0.39 is 4.92 Å². The van der Waals surface area contributed by atoms with Crippen molar-refractivity contribution in [3.8, 4) is 17.5 Å². The Bertz CT molecular complexity index is 642. The summed E-state index contributed by atoms with van der Waals surface area (Å²) in [5, 5.41) is 10.5. The molecule has 0 fully saturated rings. The van der Waals surface area contributed by atoms with Crippen LogP contribution in [0, 0.1) is 10.1 Å². The van der Waals surface area contributed by atoms with Crippen molar-refractivity contribution in [1.82, 2.24) is 9.97 Å². The summed E-state index contributed by atoms with van der Waals surface area (Å²) < 4.78 is 10.4. The molecule has 0 aliphatic rings. The van der Waals surface area contributed by atoms with E-state index in [0.717, 1.165) is 12.4 Å². The normalized spacial score (nSPS) is 9.85. The summed E-state index contributed by atoms with van der Waals surface area (Å²) in [7, 11) is 1.42. The van der Waals surface area contributed by atoms with Crippen LogP contribution in [-0.4, -0.2) is 28.3 Å². The van der Waals surface area contributed by atoms with Crippen LogP contribution in [0.2, 0.25) is 0 Å². The zero-order chi connectivity index (χ0) is 14.5. The molecule has 0 bridgehead atoms. The number of hydrogen-bond donors (Lipinski definition) is 0. The fraction of sp³-hybridized carbons (Fsp3) is 0.0833. The van der Waals surface area contributed by atoms with Crippen molar-refractivity contribution in [2.24, 2.45) is 0 Å². The molecule has 0 radical (unpaired) electrons. The van der Waals surface area contributed by atoms with E-state index >= 15 is 0 Å².